The highest BCUT2D eigenvalue weighted by atomic mass is 79.9. The molecule has 0 saturated heterocycles. The van der Waals surface area contributed by atoms with Crippen molar-refractivity contribution in [1.29, 1.82) is 0 Å². The summed E-state index contributed by atoms with van der Waals surface area (Å²) in [5, 5.41) is 0. The Morgan fingerprint density at radius 2 is 2.23 bits per heavy atom. The van der Waals surface area contributed by atoms with E-state index in [9.17, 15) is 4.79 Å². The Balaban J connectivity index is 4.19. The highest BCUT2D eigenvalue weighted by Crippen LogP contribution is 2.38. The lowest BCUT2D eigenvalue weighted by Gasteiger charge is -2.25. The molecule has 0 saturated carbocycles. The van der Waals surface area contributed by atoms with Gasteiger partial charge in [0.25, 0.3) is 0 Å². The second-order valence-corrected chi connectivity index (χ2v) is 6.97. The molecule has 2 nitrogen and oxygen atoms in total. The second-order valence-electron chi connectivity index (χ2n) is 2.44. The topological polar surface area (TPSA) is 26.3 Å². The van der Waals surface area contributed by atoms with Crippen molar-refractivity contribution in [3.8, 4) is 0 Å². The van der Waals surface area contributed by atoms with E-state index in [-0.39, 0.29) is 4.83 Å². The molecule has 0 amide bonds. The lowest BCUT2D eigenvalue weighted by molar-refractivity contribution is -0.140. The summed E-state index contributed by atoms with van der Waals surface area (Å²) < 4.78 is 4.18. The fourth-order valence-electron chi connectivity index (χ4n) is 0.661. The molecular weight excluding hydrogens is 368 g/mol. The van der Waals surface area contributed by atoms with E-state index >= 15 is 0 Å². The Bertz CT molecular complexity index is 192. The Kier molecular flexibility index (Phi) is 6.50. The number of halogens is 3. The molecule has 0 radical (unpaired) electrons. The van der Waals surface area contributed by atoms with Crippen molar-refractivity contribution in [1.82, 2.24) is 0 Å². The molecule has 1 atom stereocenters. The molecule has 0 spiro atoms. The van der Waals surface area contributed by atoms with E-state index in [1.54, 1.807) is 0 Å². The normalized spacial score (nSPS) is 13.5. The van der Waals surface area contributed by atoms with Crippen molar-refractivity contribution >= 4 is 53.8 Å². The summed E-state index contributed by atoms with van der Waals surface area (Å²) in [5.41, 5.74) is 0. The smallest absolute Gasteiger partial charge is 0.332 e. The first kappa shape index (κ1) is 13.7. The van der Waals surface area contributed by atoms with Crippen LogP contribution in [0.2, 0.25) is 0 Å². The minimum Gasteiger partial charge on any atom is -0.433 e. The van der Waals surface area contributed by atoms with Crippen molar-refractivity contribution in [2.24, 2.45) is 0 Å². The van der Waals surface area contributed by atoms with Gasteiger partial charge in [-0.15, -0.1) is 0 Å². The van der Waals surface area contributed by atoms with Crippen LogP contribution in [0.4, 0.5) is 0 Å². The molecule has 0 heterocycles. The van der Waals surface area contributed by atoms with Gasteiger partial charge in [-0.3, -0.25) is 0 Å². The monoisotopic (exact) mass is 376 g/mol. The highest BCUT2D eigenvalue weighted by molar-refractivity contribution is 9.26. The van der Waals surface area contributed by atoms with Gasteiger partial charge in [0.2, 0.25) is 3.42 Å². The first-order valence-electron chi connectivity index (χ1n) is 3.81. The number of ether oxygens (including phenoxy) is 1. The number of alkyl halides is 3. The van der Waals surface area contributed by atoms with E-state index in [2.05, 4.69) is 61.3 Å². The summed E-state index contributed by atoms with van der Waals surface area (Å²) >= 11 is 9.95. The lowest BCUT2D eigenvalue weighted by atomic mass is 10.3. The van der Waals surface area contributed by atoms with Gasteiger partial charge in [-0.1, -0.05) is 35.9 Å². The van der Waals surface area contributed by atoms with E-state index in [4.69, 9.17) is 4.74 Å². The zero-order chi connectivity index (χ0) is 10.5. The Morgan fingerprint density at radius 3 is 2.62 bits per heavy atom. The minimum absolute atomic E-state index is 0.0221. The van der Waals surface area contributed by atoms with Gasteiger partial charge in [0.15, 0.2) is 0 Å². The van der Waals surface area contributed by atoms with Crippen LogP contribution in [0.3, 0.4) is 0 Å². The molecule has 1 unspecified atom stereocenters. The molecule has 0 aliphatic heterocycles. The minimum atomic E-state index is -0.846. The first-order valence-corrected chi connectivity index (χ1v) is 6.31. The van der Waals surface area contributed by atoms with Gasteiger partial charge in [0, 0.05) is 6.08 Å². The molecule has 0 aromatic carbocycles. The fraction of sp³-hybridized carbons (Fsp3) is 0.625. The van der Waals surface area contributed by atoms with E-state index < -0.39 is 9.39 Å². The Hall–Kier alpha value is 0.650. The maximum absolute atomic E-state index is 10.9. The third-order valence-electron chi connectivity index (χ3n) is 1.31. The molecule has 0 rings (SSSR count). The Labute approximate surface area is 103 Å². The molecule has 0 fully saturated rings. The molecule has 0 aromatic rings. The van der Waals surface area contributed by atoms with Crippen LogP contribution in [0.15, 0.2) is 12.7 Å². The average Bonchev–Trinajstić information content (AvgIpc) is 2.04. The van der Waals surface area contributed by atoms with Crippen LogP contribution < -0.4 is 0 Å². The van der Waals surface area contributed by atoms with E-state index in [1.165, 1.54) is 0 Å². The summed E-state index contributed by atoms with van der Waals surface area (Å²) in [7, 11) is 0. The van der Waals surface area contributed by atoms with E-state index in [0.29, 0.717) is 0 Å². The maximum atomic E-state index is 10.9. The summed E-state index contributed by atoms with van der Waals surface area (Å²) in [4.78, 5) is 10.9. The highest BCUT2D eigenvalue weighted by Gasteiger charge is 2.34. The van der Waals surface area contributed by atoms with E-state index in [0.717, 1.165) is 18.9 Å². The lowest BCUT2D eigenvalue weighted by Crippen LogP contribution is -2.30. The fourth-order valence-corrected chi connectivity index (χ4v) is 1.99. The average molecular weight is 379 g/mol. The molecule has 13 heavy (non-hydrogen) atoms. The summed E-state index contributed by atoms with van der Waals surface area (Å²) in [6.07, 6.45) is 3.02. The van der Waals surface area contributed by atoms with Crippen LogP contribution in [-0.2, 0) is 9.53 Å². The van der Waals surface area contributed by atoms with Crippen molar-refractivity contribution in [3.63, 3.8) is 0 Å². The van der Waals surface area contributed by atoms with Gasteiger partial charge < -0.3 is 4.74 Å². The summed E-state index contributed by atoms with van der Waals surface area (Å²) in [6.45, 7) is 5.37. The second kappa shape index (κ2) is 6.19. The Morgan fingerprint density at radius 1 is 1.69 bits per heavy atom. The van der Waals surface area contributed by atoms with Gasteiger partial charge in [-0.05, 0) is 38.3 Å². The van der Waals surface area contributed by atoms with Crippen LogP contribution in [0.5, 0.6) is 0 Å². The first-order chi connectivity index (χ1) is 5.94. The number of carbonyl (C=O) groups is 1. The maximum Gasteiger partial charge on any atom is 0.332 e. The predicted molar refractivity (Wildman–Crippen MR) is 64.5 cm³/mol. The van der Waals surface area contributed by atoms with Gasteiger partial charge in [0.05, 0.1) is 4.83 Å². The molecule has 0 aromatic heterocycles. The SMILES string of the molecule is C=CC(=O)OC(Br)(Br)C(Br)CCC. The molecule has 0 aliphatic rings. The summed E-state index contributed by atoms with van der Waals surface area (Å²) in [6, 6.07) is 0. The predicted octanol–water partition coefficient (Wildman–Crippen LogP) is 3.72. The zero-order valence-corrected chi connectivity index (χ0v) is 12.0. The molecule has 0 N–H and O–H groups in total. The molecule has 5 heteroatoms. The van der Waals surface area contributed by atoms with E-state index in [1.807, 2.05) is 0 Å². The number of hydrogen-bond donors (Lipinski definition) is 0. The third kappa shape index (κ3) is 5.18. The zero-order valence-electron chi connectivity index (χ0n) is 7.23. The van der Waals surface area contributed by atoms with Crippen LogP contribution in [-0.4, -0.2) is 14.2 Å². The van der Waals surface area contributed by atoms with Crippen molar-refractivity contribution in [2.45, 2.75) is 28.0 Å². The number of rotatable bonds is 5. The molecular formula is C8H11Br3O2. The number of carbonyl (C=O) groups excluding carboxylic acids is 1. The number of esters is 1. The van der Waals surface area contributed by atoms with Crippen LogP contribution in [0.25, 0.3) is 0 Å². The van der Waals surface area contributed by atoms with Crippen molar-refractivity contribution in [3.05, 3.63) is 12.7 Å². The van der Waals surface area contributed by atoms with Gasteiger partial charge in [0.1, 0.15) is 0 Å². The number of hydrogen-bond acceptors (Lipinski definition) is 2. The summed E-state index contributed by atoms with van der Waals surface area (Å²) in [5.74, 6) is -0.464. The van der Waals surface area contributed by atoms with Gasteiger partial charge in [-0.2, -0.15) is 0 Å². The van der Waals surface area contributed by atoms with Crippen molar-refractivity contribution < 1.29 is 9.53 Å². The van der Waals surface area contributed by atoms with Gasteiger partial charge >= 0.3 is 5.97 Å². The third-order valence-corrected chi connectivity index (χ3v) is 5.07. The van der Waals surface area contributed by atoms with Crippen LogP contribution in [0, 0.1) is 0 Å². The van der Waals surface area contributed by atoms with Crippen molar-refractivity contribution in [2.75, 3.05) is 0 Å². The standard InChI is InChI=1S/C8H11Br3O2/c1-3-5-6(9)8(10,11)13-7(12)4-2/h4,6H,2-3,5H2,1H3. The molecule has 0 bridgehead atoms. The largest absolute Gasteiger partial charge is 0.433 e. The molecule has 76 valence electrons. The molecule has 0 aliphatic carbocycles. The van der Waals surface area contributed by atoms with Crippen LogP contribution >= 0.6 is 47.8 Å². The van der Waals surface area contributed by atoms with Gasteiger partial charge in [-0.25, -0.2) is 4.79 Å². The quantitative estimate of drug-likeness (QED) is 0.414. The van der Waals surface area contributed by atoms with Crippen LogP contribution in [0.1, 0.15) is 19.8 Å².